The van der Waals surface area contributed by atoms with Crippen molar-refractivity contribution in [3.8, 4) is 11.5 Å². The van der Waals surface area contributed by atoms with Gasteiger partial charge in [-0.15, -0.1) is 0 Å². The largest absolute Gasteiger partial charge is 0.496 e. The lowest BCUT2D eigenvalue weighted by atomic mass is 10.1. The molecule has 8 nitrogen and oxygen atoms in total. The molecule has 1 heterocycles. The van der Waals surface area contributed by atoms with E-state index >= 15 is 0 Å². The topological polar surface area (TPSA) is 119 Å². The standard InChI is InChI=1S/C25H21NO7S2/c1-32-20-4-3-5-21(33-2)18(20)14-35(30,31)17-10-11-19-22(13-17)34-23(24(27)26-19)12-15-6-8-16(9-7-15)25(28)29/h3-13H,14H2,1-2H3,(H,26,27)(H,28,29). The van der Waals surface area contributed by atoms with Crippen LogP contribution in [-0.2, 0) is 20.4 Å². The fourth-order valence-corrected chi connectivity index (χ4v) is 6.01. The number of hydrogen-bond donors (Lipinski definition) is 2. The molecule has 1 amide bonds. The number of thioether (sulfide) groups is 1. The van der Waals surface area contributed by atoms with Crippen molar-refractivity contribution >= 4 is 45.2 Å². The van der Waals surface area contributed by atoms with Crippen LogP contribution in [-0.4, -0.2) is 39.6 Å². The van der Waals surface area contributed by atoms with E-state index in [9.17, 15) is 18.0 Å². The highest BCUT2D eigenvalue weighted by Crippen LogP contribution is 2.41. The number of carboxylic acid groups (broad SMARTS) is 1. The highest BCUT2D eigenvalue weighted by molar-refractivity contribution is 8.04. The normalized spacial score (nSPS) is 14.2. The van der Waals surface area contributed by atoms with Crippen molar-refractivity contribution in [3.63, 3.8) is 0 Å². The molecule has 0 aliphatic carbocycles. The Bertz CT molecular complexity index is 1420. The summed E-state index contributed by atoms with van der Waals surface area (Å²) in [5.74, 6) is -0.880. The SMILES string of the molecule is COc1cccc(OC)c1CS(=O)(=O)c1ccc2c(c1)SC(=Cc1ccc(C(=O)O)cc1)C(=O)N2. The van der Waals surface area contributed by atoms with Gasteiger partial charge in [-0.3, -0.25) is 4.79 Å². The van der Waals surface area contributed by atoms with Crippen molar-refractivity contribution in [3.05, 3.63) is 82.3 Å². The van der Waals surface area contributed by atoms with E-state index in [1.165, 1.54) is 38.5 Å². The van der Waals surface area contributed by atoms with E-state index in [-0.39, 0.29) is 22.1 Å². The number of aromatic carboxylic acids is 1. The molecule has 2 N–H and O–H groups in total. The summed E-state index contributed by atoms with van der Waals surface area (Å²) in [4.78, 5) is 24.6. The second-order valence-corrected chi connectivity index (χ2v) is 10.6. The summed E-state index contributed by atoms with van der Waals surface area (Å²) in [6.07, 6.45) is 1.62. The van der Waals surface area contributed by atoms with E-state index in [1.807, 2.05) is 0 Å². The van der Waals surface area contributed by atoms with Crippen molar-refractivity contribution in [2.24, 2.45) is 0 Å². The molecule has 0 saturated carbocycles. The Balaban J connectivity index is 1.64. The highest BCUT2D eigenvalue weighted by Gasteiger charge is 2.26. The van der Waals surface area contributed by atoms with Crippen molar-refractivity contribution in [2.45, 2.75) is 15.5 Å². The number of rotatable bonds is 7. The predicted molar refractivity (Wildman–Crippen MR) is 133 cm³/mol. The number of hydrogen-bond acceptors (Lipinski definition) is 7. The Morgan fingerprint density at radius 3 is 2.29 bits per heavy atom. The summed E-state index contributed by atoms with van der Waals surface area (Å²) in [5.41, 5.74) is 1.71. The van der Waals surface area contributed by atoms with Crippen LogP contribution in [0, 0.1) is 0 Å². The van der Waals surface area contributed by atoms with Crippen molar-refractivity contribution in [2.75, 3.05) is 19.5 Å². The van der Waals surface area contributed by atoms with Gasteiger partial charge in [-0.05, 0) is 54.1 Å². The first-order valence-corrected chi connectivity index (χ1v) is 12.8. The molecule has 180 valence electrons. The van der Waals surface area contributed by atoms with Gasteiger partial charge in [-0.25, -0.2) is 13.2 Å². The number of carboxylic acids is 1. The lowest BCUT2D eigenvalue weighted by molar-refractivity contribution is -0.112. The predicted octanol–water partition coefficient (Wildman–Crippen LogP) is 4.46. The van der Waals surface area contributed by atoms with Gasteiger partial charge in [0.2, 0.25) is 0 Å². The fraction of sp³-hybridized carbons (Fsp3) is 0.120. The minimum Gasteiger partial charge on any atom is -0.496 e. The number of ether oxygens (including phenoxy) is 2. The van der Waals surface area contributed by atoms with E-state index in [1.54, 1.807) is 42.5 Å². The number of carbonyl (C=O) groups excluding carboxylic acids is 1. The van der Waals surface area contributed by atoms with Crippen LogP contribution in [0.4, 0.5) is 5.69 Å². The molecule has 0 atom stereocenters. The molecule has 4 rings (SSSR count). The van der Waals surface area contributed by atoms with Gasteiger partial charge in [-0.1, -0.05) is 30.0 Å². The van der Waals surface area contributed by atoms with Gasteiger partial charge in [0.25, 0.3) is 5.91 Å². The summed E-state index contributed by atoms with van der Waals surface area (Å²) in [6.45, 7) is 0. The van der Waals surface area contributed by atoms with Crippen LogP contribution in [0.25, 0.3) is 6.08 Å². The molecule has 1 aliphatic heterocycles. The zero-order valence-corrected chi connectivity index (χ0v) is 20.4. The van der Waals surface area contributed by atoms with E-state index in [0.717, 1.165) is 11.8 Å². The van der Waals surface area contributed by atoms with Crippen LogP contribution in [0.1, 0.15) is 21.5 Å². The molecule has 0 unspecified atom stereocenters. The molecule has 0 radical (unpaired) electrons. The van der Waals surface area contributed by atoms with Gasteiger partial charge in [-0.2, -0.15) is 0 Å². The maximum absolute atomic E-state index is 13.3. The van der Waals surface area contributed by atoms with Crippen LogP contribution in [0.15, 0.2) is 75.4 Å². The van der Waals surface area contributed by atoms with Gasteiger partial charge in [0, 0.05) is 4.90 Å². The number of fused-ring (bicyclic) bond motifs is 1. The molecule has 10 heteroatoms. The monoisotopic (exact) mass is 511 g/mol. The molecule has 3 aromatic carbocycles. The quantitative estimate of drug-likeness (QED) is 0.446. The van der Waals surface area contributed by atoms with Crippen molar-refractivity contribution in [1.82, 2.24) is 0 Å². The Hall–Kier alpha value is -3.76. The number of methoxy groups -OCH3 is 2. The van der Waals surface area contributed by atoms with Crippen molar-refractivity contribution in [1.29, 1.82) is 0 Å². The Kier molecular flexibility index (Phi) is 6.86. The zero-order valence-electron chi connectivity index (χ0n) is 18.8. The number of sulfone groups is 1. The Labute approximate surface area is 206 Å². The summed E-state index contributed by atoms with van der Waals surface area (Å²) < 4.78 is 37.2. The first kappa shape index (κ1) is 24.4. The minimum absolute atomic E-state index is 0.0954. The second kappa shape index (κ2) is 9.85. The molecule has 1 aliphatic rings. The Morgan fingerprint density at radius 1 is 1.03 bits per heavy atom. The average molecular weight is 512 g/mol. The average Bonchev–Trinajstić information content (AvgIpc) is 2.84. The minimum atomic E-state index is -3.78. The number of carbonyl (C=O) groups is 2. The maximum atomic E-state index is 13.3. The molecular formula is C25H21NO7S2. The van der Waals surface area contributed by atoms with Gasteiger partial charge < -0.3 is 19.9 Å². The van der Waals surface area contributed by atoms with Gasteiger partial charge in [0.1, 0.15) is 11.5 Å². The van der Waals surface area contributed by atoms with Crippen LogP contribution < -0.4 is 14.8 Å². The molecule has 0 bridgehead atoms. The maximum Gasteiger partial charge on any atom is 0.335 e. The number of benzene rings is 3. The molecule has 0 saturated heterocycles. The third-order valence-electron chi connectivity index (χ3n) is 5.32. The zero-order chi connectivity index (χ0) is 25.2. The van der Waals surface area contributed by atoms with E-state index in [2.05, 4.69) is 5.32 Å². The van der Waals surface area contributed by atoms with E-state index in [0.29, 0.717) is 38.1 Å². The molecule has 35 heavy (non-hydrogen) atoms. The lowest BCUT2D eigenvalue weighted by Crippen LogP contribution is -2.17. The number of nitrogens with one attached hydrogen (secondary N) is 1. The first-order valence-electron chi connectivity index (χ1n) is 10.3. The Morgan fingerprint density at radius 2 is 1.69 bits per heavy atom. The van der Waals surface area contributed by atoms with Gasteiger partial charge in [0.05, 0.1) is 46.6 Å². The molecule has 3 aromatic rings. The molecule has 0 fully saturated rings. The summed E-state index contributed by atoms with van der Waals surface area (Å²) in [7, 11) is -0.847. The molecule has 0 aromatic heterocycles. The second-order valence-electron chi connectivity index (χ2n) is 7.55. The highest BCUT2D eigenvalue weighted by atomic mass is 32.2. The van der Waals surface area contributed by atoms with Crippen LogP contribution in [0.3, 0.4) is 0 Å². The van der Waals surface area contributed by atoms with E-state index < -0.39 is 15.8 Å². The summed E-state index contributed by atoms with van der Waals surface area (Å²) in [6, 6.07) is 15.7. The summed E-state index contributed by atoms with van der Waals surface area (Å²) >= 11 is 1.14. The fourth-order valence-electron chi connectivity index (χ4n) is 3.54. The van der Waals surface area contributed by atoms with Gasteiger partial charge >= 0.3 is 5.97 Å². The third kappa shape index (κ3) is 5.18. The van der Waals surface area contributed by atoms with Crippen LogP contribution in [0.5, 0.6) is 11.5 Å². The van der Waals surface area contributed by atoms with Gasteiger partial charge in [0.15, 0.2) is 9.84 Å². The van der Waals surface area contributed by atoms with E-state index in [4.69, 9.17) is 14.6 Å². The smallest absolute Gasteiger partial charge is 0.335 e. The lowest BCUT2D eigenvalue weighted by Gasteiger charge is -2.20. The van der Waals surface area contributed by atoms with Crippen LogP contribution in [0.2, 0.25) is 0 Å². The van der Waals surface area contributed by atoms with Crippen molar-refractivity contribution < 1.29 is 32.6 Å². The molecular weight excluding hydrogens is 490 g/mol. The first-order chi connectivity index (χ1) is 16.7. The number of amides is 1. The summed E-state index contributed by atoms with van der Waals surface area (Å²) in [5, 5.41) is 11.8. The third-order valence-corrected chi connectivity index (χ3v) is 8.05. The van der Waals surface area contributed by atoms with Crippen LogP contribution >= 0.6 is 11.8 Å². The number of anilines is 1. The molecule has 0 spiro atoms.